The largest absolute Gasteiger partial charge is 0.573 e. The monoisotopic (exact) mass is 354 g/mol. The third kappa shape index (κ3) is 3.14. The highest BCUT2D eigenvalue weighted by Crippen LogP contribution is 2.23. The van der Waals surface area contributed by atoms with E-state index < -0.39 is 17.6 Å². The molecule has 0 saturated heterocycles. The number of aryl methyl sites for hydroxylation is 1. The molecule has 3 aromatic rings. The van der Waals surface area contributed by atoms with Gasteiger partial charge in [0, 0.05) is 20.6 Å². The fourth-order valence-electron chi connectivity index (χ4n) is 2.51. The Hall–Kier alpha value is -3.04. The molecular formula is C15H13F3N4O3. The number of hydrogen-bond donors (Lipinski definition) is 0. The summed E-state index contributed by atoms with van der Waals surface area (Å²) in [6, 6.07) is 5.30. The number of ether oxygens (including phenoxy) is 1. The maximum Gasteiger partial charge on any atom is 0.573 e. The molecular weight excluding hydrogens is 341 g/mol. The smallest absolute Gasteiger partial charge is 0.406 e. The number of alkyl halides is 3. The van der Waals surface area contributed by atoms with Crippen molar-refractivity contribution in [3.63, 3.8) is 0 Å². The van der Waals surface area contributed by atoms with Gasteiger partial charge in [-0.2, -0.15) is 0 Å². The van der Waals surface area contributed by atoms with Crippen LogP contribution >= 0.6 is 0 Å². The average Bonchev–Trinajstić information content (AvgIpc) is 2.95. The van der Waals surface area contributed by atoms with Crippen LogP contribution < -0.4 is 16.0 Å². The van der Waals surface area contributed by atoms with Crippen LogP contribution in [0.1, 0.15) is 5.56 Å². The molecule has 0 bridgehead atoms. The summed E-state index contributed by atoms with van der Waals surface area (Å²) in [6.07, 6.45) is -3.34. The minimum Gasteiger partial charge on any atom is -0.406 e. The summed E-state index contributed by atoms with van der Waals surface area (Å²) in [7, 11) is 2.87. The molecule has 0 N–H and O–H groups in total. The number of nitrogens with zero attached hydrogens (tertiary/aromatic N) is 4. The molecule has 1 aromatic carbocycles. The molecule has 0 fully saturated rings. The zero-order valence-electron chi connectivity index (χ0n) is 13.2. The number of aromatic nitrogens is 4. The van der Waals surface area contributed by atoms with E-state index in [0.29, 0.717) is 5.56 Å². The summed E-state index contributed by atoms with van der Waals surface area (Å²) in [5.74, 6) is -0.329. The number of fused-ring (bicyclic) bond motifs is 1. The normalized spacial score (nSPS) is 11.9. The molecule has 0 atom stereocenters. The maximum absolute atomic E-state index is 12.3. The Balaban J connectivity index is 1.97. The van der Waals surface area contributed by atoms with Crippen LogP contribution in [0.25, 0.3) is 11.2 Å². The predicted molar refractivity (Wildman–Crippen MR) is 82.4 cm³/mol. The standard InChI is InChI=1S/C15H13F3N4O3/c1-20-12-11(13(23)21(2)14(20)24)22(8-19-12)7-9-3-5-10(6-4-9)25-15(16,17)18/h3-6,8H,7H2,1-2H3. The van der Waals surface area contributed by atoms with Crippen LogP contribution in [0, 0.1) is 0 Å². The highest BCUT2D eigenvalue weighted by Gasteiger charge is 2.30. The number of hydrogen-bond acceptors (Lipinski definition) is 4. The van der Waals surface area contributed by atoms with Crippen molar-refractivity contribution in [1.29, 1.82) is 0 Å². The Morgan fingerprint density at radius 1 is 1.08 bits per heavy atom. The molecule has 0 aliphatic heterocycles. The van der Waals surface area contributed by atoms with Gasteiger partial charge in [-0.15, -0.1) is 13.2 Å². The number of imidazole rings is 1. The first kappa shape index (κ1) is 16.8. The Morgan fingerprint density at radius 2 is 1.72 bits per heavy atom. The fourth-order valence-corrected chi connectivity index (χ4v) is 2.51. The van der Waals surface area contributed by atoms with Crippen LogP contribution in [0.2, 0.25) is 0 Å². The van der Waals surface area contributed by atoms with Gasteiger partial charge in [0.25, 0.3) is 5.56 Å². The van der Waals surface area contributed by atoms with Crippen molar-refractivity contribution < 1.29 is 17.9 Å². The van der Waals surface area contributed by atoms with Crippen molar-refractivity contribution in [2.75, 3.05) is 0 Å². The summed E-state index contributed by atoms with van der Waals surface area (Å²) in [4.78, 5) is 28.3. The van der Waals surface area contributed by atoms with Gasteiger partial charge in [-0.1, -0.05) is 12.1 Å². The Bertz CT molecular complexity index is 1050. The van der Waals surface area contributed by atoms with Crippen LogP contribution in [0.15, 0.2) is 40.2 Å². The van der Waals surface area contributed by atoms with Crippen molar-refractivity contribution in [2.45, 2.75) is 12.9 Å². The molecule has 7 nitrogen and oxygen atoms in total. The van der Waals surface area contributed by atoms with Gasteiger partial charge in [0.2, 0.25) is 0 Å². The molecule has 132 valence electrons. The Labute approximate surface area is 138 Å². The van der Waals surface area contributed by atoms with Crippen LogP contribution in [-0.4, -0.2) is 25.0 Å². The summed E-state index contributed by atoms with van der Waals surface area (Å²) in [5, 5.41) is 0. The SMILES string of the molecule is Cn1c(=O)c2c(ncn2Cc2ccc(OC(F)(F)F)cc2)n(C)c1=O. The summed E-state index contributed by atoms with van der Waals surface area (Å²) in [6.45, 7) is 0.205. The molecule has 0 unspecified atom stereocenters. The average molecular weight is 354 g/mol. The fraction of sp³-hybridized carbons (Fsp3) is 0.267. The van der Waals surface area contributed by atoms with Crippen molar-refractivity contribution in [3.8, 4) is 5.75 Å². The molecule has 2 heterocycles. The lowest BCUT2D eigenvalue weighted by Crippen LogP contribution is -2.37. The zero-order valence-corrected chi connectivity index (χ0v) is 13.2. The summed E-state index contributed by atoms with van der Waals surface area (Å²) < 4.78 is 44.1. The topological polar surface area (TPSA) is 71.0 Å². The van der Waals surface area contributed by atoms with Crippen molar-refractivity contribution in [3.05, 3.63) is 57.0 Å². The molecule has 3 rings (SSSR count). The van der Waals surface area contributed by atoms with Crippen LogP contribution in [-0.2, 0) is 20.6 Å². The van der Waals surface area contributed by atoms with E-state index in [9.17, 15) is 22.8 Å². The number of benzene rings is 1. The first-order valence-electron chi connectivity index (χ1n) is 7.13. The highest BCUT2D eigenvalue weighted by molar-refractivity contribution is 5.70. The molecule has 25 heavy (non-hydrogen) atoms. The zero-order chi connectivity index (χ0) is 18.4. The first-order valence-corrected chi connectivity index (χ1v) is 7.13. The van der Waals surface area contributed by atoms with Gasteiger partial charge in [0.15, 0.2) is 11.2 Å². The van der Waals surface area contributed by atoms with Gasteiger partial charge in [-0.25, -0.2) is 9.78 Å². The minimum absolute atomic E-state index is 0.205. The molecule has 0 aliphatic rings. The molecule has 0 spiro atoms. The Morgan fingerprint density at radius 3 is 2.32 bits per heavy atom. The van der Waals surface area contributed by atoms with E-state index in [1.54, 1.807) is 0 Å². The third-order valence-electron chi connectivity index (χ3n) is 3.73. The van der Waals surface area contributed by atoms with Crippen molar-refractivity contribution >= 4 is 11.2 Å². The van der Waals surface area contributed by atoms with Gasteiger partial charge >= 0.3 is 12.1 Å². The second-order valence-electron chi connectivity index (χ2n) is 5.44. The van der Waals surface area contributed by atoms with Gasteiger partial charge in [-0.3, -0.25) is 13.9 Å². The molecule has 10 heteroatoms. The van der Waals surface area contributed by atoms with Gasteiger partial charge < -0.3 is 9.30 Å². The highest BCUT2D eigenvalue weighted by atomic mass is 19.4. The maximum atomic E-state index is 12.3. The minimum atomic E-state index is -4.75. The molecule has 0 radical (unpaired) electrons. The lowest BCUT2D eigenvalue weighted by molar-refractivity contribution is -0.274. The molecule has 0 amide bonds. The van der Waals surface area contributed by atoms with Gasteiger partial charge in [0.05, 0.1) is 6.33 Å². The summed E-state index contributed by atoms with van der Waals surface area (Å²) in [5.41, 5.74) is 0.138. The van der Waals surface area contributed by atoms with E-state index in [1.807, 2.05) is 0 Å². The van der Waals surface area contributed by atoms with E-state index in [0.717, 1.165) is 4.57 Å². The Kier molecular flexibility index (Phi) is 3.90. The first-order chi connectivity index (χ1) is 11.7. The molecule has 0 aliphatic carbocycles. The quantitative estimate of drug-likeness (QED) is 0.713. The van der Waals surface area contributed by atoms with Gasteiger partial charge in [0.1, 0.15) is 5.75 Å². The van der Waals surface area contributed by atoms with Crippen LogP contribution in [0.4, 0.5) is 13.2 Å². The van der Waals surface area contributed by atoms with E-state index >= 15 is 0 Å². The summed E-state index contributed by atoms with van der Waals surface area (Å²) >= 11 is 0. The second kappa shape index (κ2) is 5.80. The van der Waals surface area contributed by atoms with E-state index in [4.69, 9.17) is 0 Å². The van der Waals surface area contributed by atoms with Crippen LogP contribution in [0.5, 0.6) is 5.75 Å². The van der Waals surface area contributed by atoms with Crippen molar-refractivity contribution in [2.24, 2.45) is 14.1 Å². The van der Waals surface area contributed by atoms with Crippen LogP contribution in [0.3, 0.4) is 0 Å². The van der Waals surface area contributed by atoms with E-state index in [-0.39, 0.29) is 23.5 Å². The predicted octanol–water partition coefficient (Wildman–Crippen LogP) is 1.38. The number of halogens is 3. The molecule has 0 saturated carbocycles. The van der Waals surface area contributed by atoms with Gasteiger partial charge in [-0.05, 0) is 17.7 Å². The lowest BCUT2D eigenvalue weighted by atomic mass is 10.2. The number of rotatable bonds is 3. The van der Waals surface area contributed by atoms with E-state index in [1.165, 1.54) is 53.8 Å². The van der Waals surface area contributed by atoms with E-state index in [2.05, 4.69) is 9.72 Å². The molecule has 2 aromatic heterocycles. The second-order valence-corrected chi connectivity index (χ2v) is 5.44. The third-order valence-corrected chi connectivity index (χ3v) is 3.73. The van der Waals surface area contributed by atoms with Crippen molar-refractivity contribution in [1.82, 2.24) is 18.7 Å². The lowest BCUT2D eigenvalue weighted by Gasteiger charge is -2.10.